The van der Waals surface area contributed by atoms with Crippen LogP contribution in [-0.4, -0.2) is 23.0 Å². The molecule has 4 nitrogen and oxygen atoms in total. The molecule has 0 fully saturated rings. The van der Waals surface area contributed by atoms with Crippen molar-refractivity contribution >= 4 is 35.1 Å². The van der Waals surface area contributed by atoms with Gasteiger partial charge in [-0.05, 0) is 36.8 Å². The highest BCUT2D eigenvalue weighted by Crippen LogP contribution is 2.19. The van der Waals surface area contributed by atoms with Crippen molar-refractivity contribution in [3.63, 3.8) is 0 Å². The third-order valence-corrected chi connectivity index (χ3v) is 6.15. The van der Waals surface area contributed by atoms with Gasteiger partial charge in [-0.3, -0.25) is 5.43 Å². The molecule has 0 radical (unpaired) electrons. The number of unbranched alkanes of at least 4 members (excludes halogenated alkanes) is 15. The van der Waals surface area contributed by atoms with Crippen LogP contribution in [0.4, 0.5) is 0 Å². The number of hydrogen-bond donors (Lipinski definition) is 3. The molecule has 6 heteroatoms. The van der Waals surface area contributed by atoms with E-state index in [0.717, 1.165) is 13.0 Å². The molecule has 32 heavy (non-hydrogen) atoms. The van der Waals surface area contributed by atoms with Crippen molar-refractivity contribution in [2.45, 2.75) is 110 Å². The smallest absolute Gasteiger partial charge is 0.186 e. The summed E-state index contributed by atoms with van der Waals surface area (Å²) in [6.45, 7) is 3.13. The molecule has 1 rings (SSSR count). The van der Waals surface area contributed by atoms with Gasteiger partial charge in [-0.2, -0.15) is 5.10 Å². The van der Waals surface area contributed by atoms with Crippen LogP contribution in [0.1, 0.15) is 115 Å². The number of phenols is 1. The fourth-order valence-corrected chi connectivity index (χ4v) is 4.04. The maximum atomic E-state index is 9.74. The maximum Gasteiger partial charge on any atom is 0.186 e. The molecule has 0 aliphatic rings. The van der Waals surface area contributed by atoms with E-state index < -0.39 is 0 Å². The molecule has 0 aliphatic heterocycles. The minimum absolute atomic E-state index is 0.131. The molecule has 0 saturated carbocycles. The monoisotopic (exact) mass is 481 g/mol. The van der Waals surface area contributed by atoms with Crippen LogP contribution in [0, 0.1) is 0 Å². The highest BCUT2D eigenvalue weighted by Gasteiger charge is 1.99. The van der Waals surface area contributed by atoms with Crippen LogP contribution in [0.2, 0.25) is 5.02 Å². The first-order valence-corrected chi connectivity index (χ1v) is 13.5. The largest absolute Gasteiger partial charge is 0.507 e. The lowest BCUT2D eigenvalue weighted by atomic mass is 10.0. The summed E-state index contributed by atoms with van der Waals surface area (Å²) in [5.74, 6) is 0.131. The summed E-state index contributed by atoms with van der Waals surface area (Å²) < 4.78 is 0. The number of nitrogens with zero attached hydrogens (tertiary/aromatic N) is 1. The molecule has 0 aromatic heterocycles. The second kappa shape index (κ2) is 20.3. The van der Waals surface area contributed by atoms with Gasteiger partial charge in [-0.1, -0.05) is 115 Å². The first-order chi connectivity index (χ1) is 15.6. The van der Waals surface area contributed by atoms with Gasteiger partial charge in [0.15, 0.2) is 5.11 Å². The standard InChI is InChI=1S/C26H44ClN3OS/c1-2-3-4-5-6-7-8-9-10-11-12-13-14-15-16-17-20-28-26(32)30-29-22-23-21-24(27)18-19-25(23)31/h18-19,21-22,31H,2-17,20H2,1H3,(H2,28,30,32). The number of hydrogen-bond acceptors (Lipinski definition) is 3. The normalized spacial score (nSPS) is 11.2. The average Bonchev–Trinajstić information content (AvgIpc) is 2.78. The Morgan fingerprint density at radius 2 is 1.38 bits per heavy atom. The molecular weight excluding hydrogens is 438 g/mol. The summed E-state index contributed by atoms with van der Waals surface area (Å²) >= 11 is 11.1. The van der Waals surface area contributed by atoms with Gasteiger partial charge in [0, 0.05) is 17.1 Å². The molecule has 0 atom stereocenters. The van der Waals surface area contributed by atoms with Gasteiger partial charge in [-0.25, -0.2) is 0 Å². The molecule has 3 N–H and O–H groups in total. The second-order valence-electron chi connectivity index (χ2n) is 8.63. The van der Waals surface area contributed by atoms with E-state index in [4.69, 9.17) is 23.8 Å². The molecule has 0 aliphatic carbocycles. The van der Waals surface area contributed by atoms with Crippen LogP contribution < -0.4 is 10.7 Å². The molecule has 0 spiro atoms. The van der Waals surface area contributed by atoms with Crippen LogP contribution in [0.15, 0.2) is 23.3 Å². The van der Waals surface area contributed by atoms with Gasteiger partial charge in [0.1, 0.15) is 5.75 Å². The lowest BCUT2D eigenvalue weighted by Crippen LogP contribution is -2.32. The van der Waals surface area contributed by atoms with Crippen molar-refractivity contribution in [2.75, 3.05) is 6.54 Å². The highest BCUT2D eigenvalue weighted by molar-refractivity contribution is 7.80. The second-order valence-corrected chi connectivity index (χ2v) is 9.48. The SMILES string of the molecule is CCCCCCCCCCCCCCCCCCNC(=S)NN=Cc1cc(Cl)ccc1O. The number of thiocarbonyl (C=S) groups is 1. The third-order valence-electron chi connectivity index (χ3n) is 5.68. The summed E-state index contributed by atoms with van der Waals surface area (Å²) in [7, 11) is 0. The van der Waals surface area contributed by atoms with Crippen LogP contribution in [0.3, 0.4) is 0 Å². The Morgan fingerprint density at radius 3 is 1.91 bits per heavy atom. The van der Waals surface area contributed by atoms with E-state index >= 15 is 0 Å². The van der Waals surface area contributed by atoms with Gasteiger partial charge in [-0.15, -0.1) is 0 Å². The van der Waals surface area contributed by atoms with Gasteiger partial charge in [0.25, 0.3) is 0 Å². The molecule has 0 bridgehead atoms. The fraction of sp³-hybridized carbons (Fsp3) is 0.692. The lowest BCUT2D eigenvalue weighted by Gasteiger charge is -2.07. The van der Waals surface area contributed by atoms with E-state index in [0.29, 0.717) is 15.7 Å². The zero-order chi connectivity index (χ0) is 23.3. The summed E-state index contributed by atoms with van der Waals surface area (Å²) in [5, 5.41) is 18.0. The van der Waals surface area contributed by atoms with E-state index in [-0.39, 0.29) is 5.75 Å². The van der Waals surface area contributed by atoms with Gasteiger partial charge in [0.05, 0.1) is 6.21 Å². The third kappa shape index (κ3) is 16.3. The molecule has 0 saturated heterocycles. The summed E-state index contributed by atoms with van der Waals surface area (Å²) in [5.41, 5.74) is 3.31. The number of aromatic hydroxyl groups is 1. The Bertz CT molecular complexity index is 639. The Morgan fingerprint density at radius 1 is 0.875 bits per heavy atom. The number of rotatable bonds is 19. The Hall–Kier alpha value is -1.33. The molecule has 0 amide bonds. The topological polar surface area (TPSA) is 56.7 Å². The quantitative estimate of drug-likeness (QED) is 0.0807. The van der Waals surface area contributed by atoms with E-state index in [2.05, 4.69) is 22.8 Å². The predicted molar refractivity (Wildman–Crippen MR) is 144 cm³/mol. The molecular formula is C26H44ClN3OS. The zero-order valence-corrected chi connectivity index (χ0v) is 21.6. The van der Waals surface area contributed by atoms with Crippen molar-refractivity contribution in [1.82, 2.24) is 10.7 Å². The Balaban J connectivity index is 1.85. The molecule has 1 aromatic rings. The van der Waals surface area contributed by atoms with Crippen LogP contribution in [-0.2, 0) is 0 Å². The van der Waals surface area contributed by atoms with E-state index in [1.54, 1.807) is 12.1 Å². The lowest BCUT2D eigenvalue weighted by molar-refractivity contribution is 0.474. The van der Waals surface area contributed by atoms with Crippen molar-refractivity contribution in [3.05, 3.63) is 28.8 Å². The summed E-state index contributed by atoms with van der Waals surface area (Å²) in [6.07, 6.45) is 23.4. The van der Waals surface area contributed by atoms with Gasteiger partial charge in [0.2, 0.25) is 0 Å². The fourth-order valence-electron chi connectivity index (χ4n) is 3.70. The van der Waals surface area contributed by atoms with E-state index in [1.165, 1.54) is 109 Å². The van der Waals surface area contributed by atoms with Crippen molar-refractivity contribution in [3.8, 4) is 5.75 Å². The number of benzene rings is 1. The summed E-state index contributed by atoms with van der Waals surface area (Å²) in [6, 6.07) is 4.82. The summed E-state index contributed by atoms with van der Waals surface area (Å²) in [4.78, 5) is 0. The van der Waals surface area contributed by atoms with Gasteiger partial charge < -0.3 is 10.4 Å². The molecule has 0 unspecified atom stereocenters. The Labute approximate surface area is 206 Å². The number of hydrazone groups is 1. The Kier molecular flexibility index (Phi) is 18.2. The molecule has 1 aromatic carbocycles. The van der Waals surface area contributed by atoms with E-state index in [1.807, 2.05) is 0 Å². The van der Waals surface area contributed by atoms with E-state index in [9.17, 15) is 5.11 Å². The zero-order valence-electron chi connectivity index (χ0n) is 20.0. The van der Waals surface area contributed by atoms with Crippen molar-refractivity contribution in [1.29, 1.82) is 0 Å². The number of phenolic OH excluding ortho intramolecular Hbond substituents is 1. The van der Waals surface area contributed by atoms with Crippen molar-refractivity contribution < 1.29 is 5.11 Å². The molecule has 182 valence electrons. The van der Waals surface area contributed by atoms with Crippen LogP contribution in [0.25, 0.3) is 0 Å². The highest BCUT2D eigenvalue weighted by atomic mass is 35.5. The maximum absolute atomic E-state index is 9.74. The average molecular weight is 482 g/mol. The minimum Gasteiger partial charge on any atom is -0.507 e. The molecule has 0 heterocycles. The van der Waals surface area contributed by atoms with Crippen LogP contribution in [0.5, 0.6) is 5.75 Å². The van der Waals surface area contributed by atoms with Gasteiger partial charge >= 0.3 is 0 Å². The van der Waals surface area contributed by atoms with Crippen LogP contribution >= 0.6 is 23.8 Å². The first kappa shape index (κ1) is 28.7. The number of nitrogens with one attached hydrogen (secondary N) is 2. The minimum atomic E-state index is 0.131. The number of halogens is 1. The predicted octanol–water partition coefficient (Wildman–Crippen LogP) is 8.11. The van der Waals surface area contributed by atoms with Crippen molar-refractivity contribution in [2.24, 2.45) is 5.10 Å². The first-order valence-electron chi connectivity index (χ1n) is 12.7.